The molecule has 2 N–H and O–H groups in total. The highest BCUT2D eigenvalue weighted by atomic mass is 32.1. The summed E-state index contributed by atoms with van der Waals surface area (Å²) in [4.78, 5) is 26.5. The monoisotopic (exact) mass is 277 g/mol. The maximum Gasteiger partial charge on any atom is 0.327 e. The number of hydrogen-bond donors (Lipinski definition) is 1. The number of benzene rings is 1. The van der Waals surface area contributed by atoms with Crippen molar-refractivity contribution in [1.82, 2.24) is 9.80 Å². The maximum absolute atomic E-state index is 11.8. The first-order valence-corrected chi connectivity index (χ1v) is 6.25. The molecule has 2 rings (SSSR count). The number of aryl methyl sites for hydroxylation is 1. The highest BCUT2D eigenvalue weighted by Crippen LogP contribution is 2.17. The van der Waals surface area contributed by atoms with Crippen LogP contribution in [0.25, 0.3) is 0 Å². The molecule has 1 saturated heterocycles. The zero-order chi connectivity index (χ0) is 14.2. The molecule has 19 heavy (non-hydrogen) atoms. The summed E-state index contributed by atoms with van der Waals surface area (Å²) in [5.41, 5.74) is 8.22. The molecule has 5 nitrogen and oxygen atoms in total. The number of nitrogens with zero attached hydrogens (tertiary/aromatic N) is 2. The number of rotatable bonds is 3. The van der Waals surface area contributed by atoms with Crippen LogP contribution in [0.1, 0.15) is 16.7 Å². The molecule has 1 aromatic rings. The van der Waals surface area contributed by atoms with Gasteiger partial charge in [-0.15, -0.1) is 0 Å². The summed E-state index contributed by atoms with van der Waals surface area (Å²) in [6.07, 6.45) is 0. The topological polar surface area (TPSA) is 66.6 Å². The number of thiocarbonyl (C=S) groups is 1. The molecule has 1 heterocycles. The van der Waals surface area contributed by atoms with Gasteiger partial charge in [0.2, 0.25) is 0 Å². The fourth-order valence-corrected chi connectivity index (χ4v) is 2.15. The summed E-state index contributed by atoms with van der Waals surface area (Å²) in [5.74, 6) is -0.176. The number of urea groups is 1. The molecule has 0 aliphatic carbocycles. The van der Waals surface area contributed by atoms with E-state index in [1.807, 2.05) is 19.1 Å². The Morgan fingerprint density at radius 3 is 2.58 bits per heavy atom. The Hall–Kier alpha value is -1.95. The highest BCUT2D eigenvalue weighted by molar-refractivity contribution is 7.80. The molecular formula is C13H15N3O2S. The maximum atomic E-state index is 11.8. The van der Waals surface area contributed by atoms with Gasteiger partial charge in [-0.2, -0.15) is 0 Å². The second-order valence-corrected chi connectivity index (χ2v) is 5.06. The molecule has 1 aromatic carbocycles. The molecule has 0 spiro atoms. The number of nitrogens with two attached hydrogens (primary N) is 1. The fraction of sp³-hybridized carbons (Fsp3) is 0.308. The first kappa shape index (κ1) is 13.5. The van der Waals surface area contributed by atoms with Crippen LogP contribution in [0.2, 0.25) is 0 Å². The first-order chi connectivity index (χ1) is 8.90. The van der Waals surface area contributed by atoms with E-state index in [1.54, 1.807) is 13.1 Å². The smallest absolute Gasteiger partial charge is 0.327 e. The molecule has 0 unspecified atom stereocenters. The Morgan fingerprint density at radius 1 is 1.42 bits per heavy atom. The normalized spacial score (nSPS) is 15.3. The lowest BCUT2D eigenvalue weighted by Gasteiger charge is -2.16. The molecule has 0 aromatic heterocycles. The van der Waals surface area contributed by atoms with Crippen molar-refractivity contribution in [2.75, 3.05) is 13.6 Å². The Bertz CT molecular complexity index is 571. The summed E-state index contributed by atoms with van der Waals surface area (Å²) in [7, 11) is 1.61. The molecule has 0 bridgehead atoms. The van der Waals surface area contributed by atoms with E-state index in [-0.39, 0.29) is 25.0 Å². The Balaban J connectivity index is 2.22. The van der Waals surface area contributed by atoms with E-state index in [0.717, 1.165) is 16.7 Å². The van der Waals surface area contributed by atoms with E-state index in [1.165, 1.54) is 9.80 Å². The van der Waals surface area contributed by atoms with Crippen LogP contribution in [0.4, 0.5) is 4.79 Å². The zero-order valence-electron chi connectivity index (χ0n) is 10.8. The number of hydrogen-bond acceptors (Lipinski definition) is 3. The molecule has 1 fully saturated rings. The van der Waals surface area contributed by atoms with E-state index in [9.17, 15) is 9.59 Å². The third kappa shape index (κ3) is 2.58. The summed E-state index contributed by atoms with van der Waals surface area (Å²) < 4.78 is 0. The summed E-state index contributed by atoms with van der Waals surface area (Å²) in [6, 6.07) is 5.26. The van der Waals surface area contributed by atoms with Crippen molar-refractivity contribution in [3.8, 4) is 0 Å². The van der Waals surface area contributed by atoms with Gasteiger partial charge in [0.15, 0.2) is 0 Å². The van der Waals surface area contributed by atoms with Crippen molar-refractivity contribution in [3.63, 3.8) is 0 Å². The molecule has 0 radical (unpaired) electrons. The van der Waals surface area contributed by atoms with Gasteiger partial charge in [0.25, 0.3) is 5.91 Å². The molecule has 1 aliphatic rings. The van der Waals surface area contributed by atoms with E-state index < -0.39 is 0 Å². The molecular weight excluding hydrogens is 262 g/mol. The average Bonchev–Trinajstić information content (AvgIpc) is 2.58. The van der Waals surface area contributed by atoms with Crippen molar-refractivity contribution >= 4 is 29.1 Å². The van der Waals surface area contributed by atoms with Gasteiger partial charge in [0.1, 0.15) is 11.5 Å². The summed E-state index contributed by atoms with van der Waals surface area (Å²) in [5, 5.41) is 0. The Labute approximate surface area is 117 Å². The van der Waals surface area contributed by atoms with Gasteiger partial charge < -0.3 is 10.6 Å². The molecule has 0 saturated carbocycles. The lowest BCUT2D eigenvalue weighted by Crippen LogP contribution is -2.31. The van der Waals surface area contributed by atoms with Crippen LogP contribution >= 0.6 is 12.2 Å². The first-order valence-electron chi connectivity index (χ1n) is 5.85. The van der Waals surface area contributed by atoms with Gasteiger partial charge in [0.05, 0.1) is 6.54 Å². The van der Waals surface area contributed by atoms with Gasteiger partial charge >= 0.3 is 6.03 Å². The van der Waals surface area contributed by atoms with Crippen molar-refractivity contribution in [1.29, 1.82) is 0 Å². The zero-order valence-corrected chi connectivity index (χ0v) is 11.7. The summed E-state index contributed by atoms with van der Waals surface area (Å²) >= 11 is 4.91. The van der Waals surface area contributed by atoms with Crippen LogP contribution in [0.15, 0.2) is 18.2 Å². The van der Waals surface area contributed by atoms with Crippen LogP contribution in [0.3, 0.4) is 0 Å². The van der Waals surface area contributed by atoms with Crippen LogP contribution in [0, 0.1) is 6.92 Å². The quantitative estimate of drug-likeness (QED) is 0.662. The van der Waals surface area contributed by atoms with E-state index in [2.05, 4.69) is 0 Å². The lowest BCUT2D eigenvalue weighted by molar-refractivity contribution is -0.125. The number of imide groups is 1. The third-order valence-corrected chi connectivity index (χ3v) is 3.42. The predicted octanol–water partition coefficient (Wildman–Crippen LogP) is 1.02. The van der Waals surface area contributed by atoms with Gasteiger partial charge in [0, 0.05) is 12.6 Å². The van der Waals surface area contributed by atoms with Gasteiger partial charge in [-0.05, 0) is 24.1 Å². The largest absolute Gasteiger partial charge is 0.389 e. The summed E-state index contributed by atoms with van der Waals surface area (Å²) in [6.45, 7) is 2.33. The van der Waals surface area contributed by atoms with Gasteiger partial charge in [-0.25, -0.2) is 4.79 Å². The van der Waals surface area contributed by atoms with E-state index >= 15 is 0 Å². The molecule has 3 amide bonds. The van der Waals surface area contributed by atoms with Crippen molar-refractivity contribution in [2.24, 2.45) is 5.73 Å². The van der Waals surface area contributed by atoms with Gasteiger partial charge in [-0.1, -0.05) is 24.4 Å². The number of carbonyl (C=O) groups excluding carboxylic acids is 2. The Kier molecular flexibility index (Phi) is 3.53. The molecule has 0 atom stereocenters. The Morgan fingerprint density at radius 2 is 2.11 bits per heavy atom. The average molecular weight is 277 g/mol. The molecule has 6 heteroatoms. The van der Waals surface area contributed by atoms with E-state index in [0.29, 0.717) is 4.99 Å². The van der Waals surface area contributed by atoms with Gasteiger partial charge in [-0.3, -0.25) is 9.69 Å². The van der Waals surface area contributed by atoms with Crippen molar-refractivity contribution in [2.45, 2.75) is 13.5 Å². The van der Waals surface area contributed by atoms with Crippen molar-refractivity contribution < 1.29 is 9.59 Å². The second-order valence-electron chi connectivity index (χ2n) is 4.62. The number of amides is 3. The van der Waals surface area contributed by atoms with Crippen molar-refractivity contribution in [3.05, 3.63) is 34.9 Å². The molecule has 100 valence electrons. The second kappa shape index (κ2) is 4.97. The van der Waals surface area contributed by atoms with Crippen LogP contribution in [-0.4, -0.2) is 40.3 Å². The lowest BCUT2D eigenvalue weighted by atomic mass is 10.0. The SMILES string of the molecule is Cc1cc(C(N)=S)ccc1CN1C(=O)CN(C)C1=O. The van der Waals surface area contributed by atoms with Crippen LogP contribution in [-0.2, 0) is 11.3 Å². The fourth-order valence-electron chi connectivity index (χ4n) is 2.02. The predicted molar refractivity (Wildman–Crippen MR) is 75.6 cm³/mol. The minimum Gasteiger partial charge on any atom is -0.389 e. The van der Waals surface area contributed by atoms with Crippen LogP contribution in [0.5, 0.6) is 0 Å². The highest BCUT2D eigenvalue weighted by Gasteiger charge is 2.33. The minimum absolute atomic E-state index is 0.142. The van der Waals surface area contributed by atoms with E-state index in [4.69, 9.17) is 18.0 Å². The standard InChI is InChI=1S/C13H15N3O2S/c1-8-5-9(12(14)19)3-4-10(8)6-16-11(17)7-15(2)13(16)18/h3-5H,6-7H2,1-2H3,(H2,14,19). The molecule has 1 aliphatic heterocycles. The minimum atomic E-state index is -0.261. The number of likely N-dealkylation sites (N-methyl/N-ethyl adjacent to an activating group) is 1. The third-order valence-electron chi connectivity index (χ3n) is 3.19. The number of carbonyl (C=O) groups is 2. The van der Waals surface area contributed by atoms with Crippen LogP contribution < -0.4 is 5.73 Å².